The Morgan fingerprint density at radius 3 is 2.56 bits per heavy atom. The third kappa shape index (κ3) is 3.92. The van der Waals surface area contributed by atoms with E-state index in [0.717, 1.165) is 12.1 Å². The summed E-state index contributed by atoms with van der Waals surface area (Å²) in [5, 5.41) is 6.69. The zero-order chi connectivity index (χ0) is 17.8. The Morgan fingerprint density at radius 2 is 1.84 bits per heavy atom. The van der Waals surface area contributed by atoms with Crippen LogP contribution in [-0.4, -0.2) is 22.9 Å². The van der Waals surface area contributed by atoms with Crippen molar-refractivity contribution in [3.05, 3.63) is 70.7 Å². The lowest BCUT2D eigenvalue weighted by atomic mass is 10.3. The summed E-state index contributed by atoms with van der Waals surface area (Å²) < 4.78 is 27.8. The molecule has 3 rings (SSSR count). The SMILES string of the molecule is O=C(CNC(=O)c1sccc1-n1cccc1)Nc1ccc(F)c(F)c1. The van der Waals surface area contributed by atoms with Gasteiger partial charge in [0.2, 0.25) is 5.91 Å². The van der Waals surface area contributed by atoms with E-state index in [1.54, 1.807) is 16.0 Å². The number of hydrogen-bond donors (Lipinski definition) is 2. The number of thiophene rings is 1. The number of halogens is 2. The van der Waals surface area contributed by atoms with E-state index in [9.17, 15) is 18.4 Å². The topological polar surface area (TPSA) is 63.1 Å². The maximum absolute atomic E-state index is 13.1. The lowest BCUT2D eigenvalue weighted by molar-refractivity contribution is -0.115. The highest BCUT2D eigenvalue weighted by Gasteiger charge is 2.15. The van der Waals surface area contributed by atoms with Crippen LogP contribution in [0.2, 0.25) is 0 Å². The highest BCUT2D eigenvalue weighted by Crippen LogP contribution is 2.21. The van der Waals surface area contributed by atoms with Crippen LogP contribution >= 0.6 is 11.3 Å². The van der Waals surface area contributed by atoms with Gasteiger partial charge in [-0.05, 0) is 35.7 Å². The Hall–Kier alpha value is -3.00. The first-order chi connectivity index (χ1) is 12.0. The van der Waals surface area contributed by atoms with Gasteiger partial charge in [-0.25, -0.2) is 8.78 Å². The van der Waals surface area contributed by atoms with Gasteiger partial charge in [0.15, 0.2) is 11.6 Å². The van der Waals surface area contributed by atoms with Crippen molar-refractivity contribution in [2.75, 3.05) is 11.9 Å². The fourth-order valence-corrected chi connectivity index (χ4v) is 3.00. The predicted molar refractivity (Wildman–Crippen MR) is 91.0 cm³/mol. The fraction of sp³-hybridized carbons (Fsp3) is 0.0588. The number of rotatable bonds is 5. The molecule has 2 heterocycles. The number of aromatic nitrogens is 1. The lowest BCUT2D eigenvalue weighted by Crippen LogP contribution is -2.32. The largest absolute Gasteiger partial charge is 0.342 e. The minimum atomic E-state index is -1.06. The van der Waals surface area contributed by atoms with E-state index in [-0.39, 0.29) is 18.1 Å². The Bertz CT molecular complexity index is 907. The van der Waals surface area contributed by atoms with Crippen LogP contribution in [0, 0.1) is 11.6 Å². The van der Waals surface area contributed by atoms with Crippen molar-refractivity contribution in [3.63, 3.8) is 0 Å². The van der Waals surface area contributed by atoms with Crippen LogP contribution in [0.25, 0.3) is 5.69 Å². The van der Waals surface area contributed by atoms with Gasteiger partial charge < -0.3 is 15.2 Å². The quantitative estimate of drug-likeness (QED) is 0.733. The highest BCUT2D eigenvalue weighted by atomic mass is 32.1. The van der Waals surface area contributed by atoms with Crippen molar-refractivity contribution in [2.45, 2.75) is 0 Å². The summed E-state index contributed by atoms with van der Waals surface area (Å²) >= 11 is 1.26. The van der Waals surface area contributed by atoms with Gasteiger partial charge in [0.05, 0.1) is 12.2 Å². The molecule has 0 saturated carbocycles. The van der Waals surface area contributed by atoms with Gasteiger partial charge in [-0.15, -0.1) is 11.3 Å². The molecule has 8 heteroatoms. The summed E-state index contributed by atoms with van der Waals surface area (Å²) in [7, 11) is 0. The normalized spacial score (nSPS) is 10.5. The third-order valence-corrected chi connectivity index (χ3v) is 4.25. The number of carbonyl (C=O) groups is 2. The number of amides is 2. The van der Waals surface area contributed by atoms with Crippen LogP contribution in [-0.2, 0) is 4.79 Å². The smallest absolute Gasteiger partial charge is 0.263 e. The molecule has 3 aromatic rings. The first-order valence-electron chi connectivity index (χ1n) is 7.28. The van der Waals surface area contributed by atoms with Crippen LogP contribution in [0.5, 0.6) is 0 Å². The molecular formula is C17H13F2N3O2S. The van der Waals surface area contributed by atoms with E-state index in [1.165, 1.54) is 17.4 Å². The molecule has 0 bridgehead atoms. The van der Waals surface area contributed by atoms with Gasteiger partial charge in [0.1, 0.15) is 4.88 Å². The molecule has 2 amide bonds. The molecule has 128 valence electrons. The van der Waals surface area contributed by atoms with Crippen molar-refractivity contribution in [3.8, 4) is 5.69 Å². The van der Waals surface area contributed by atoms with Crippen molar-refractivity contribution in [1.29, 1.82) is 0 Å². The molecule has 0 spiro atoms. The maximum Gasteiger partial charge on any atom is 0.263 e. The summed E-state index contributed by atoms with van der Waals surface area (Å²) in [6.45, 7) is -0.291. The number of nitrogens with zero attached hydrogens (tertiary/aromatic N) is 1. The molecule has 0 saturated heterocycles. The monoisotopic (exact) mass is 361 g/mol. The average molecular weight is 361 g/mol. The van der Waals surface area contributed by atoms with E-state index < -0.39 is 17.5 Å². The van der Waals surface area contributed by atoms with E-state index in [0.29, 0.717) is 10.6 Å². The van der Waals surface area contributed by atoms with Crippen LogP contribution in [0.1, 0.15) is 9.67 Å². The molecule has 0 aliphatic heterocycles. The van der Waals surface area contributed by atoms with Gasteiger partial charge >= 0.3 is 0 Å². The van der Waals surface area contributed by atoms with Crippen molar-refractivity contribution in [1.82, 2.24) is 9.88 Å². The highest BCUT2D eigenvalue weighted by molar-refractivity contribution is 7.12. The van der Waals surface area contributed by atoms with Crippen molar-refractivity contribution >= 4 is 28.8 Å². The summed E-state index contributed by atoms with van der Waals surface area (Å²) in [5.41, 5.74) is 0.829. The second-order valence-electron chi connectivity index (χ2n) is 5.09. The van der Waals surface area contributed by atoms with Gasteiger partial charge in [0.25, 0.3) is 5.91 Å². The molecule has 0 aliphatic carbocycles. The Labute approximate surface area is 145 Å². The molecule has 0 atom stereocenters. The molecule has 0 unspecified atom stereocenters. The Kier molecular flexibility index (Phi) is 4.90. The summed E-state index contributed by atoms with van der Waals surface area (Å²) in [6, 6.07) is 8.52. The molecule has 2 N–H and O–H groups in total. The summed E-state index contributed by atoms with van der Waals surface area (Å²) in [6.07, 6.45) is 3.63. The molecule has 5 nitrogen and oxygen atoms in total. The molecule has 0 radical (unpaired) electrons. The van der Waals surface area contributed by atoms with E-state index in [1.807, 2.05) is 24.5 Å². The molecule has 2 aromatic heterocycles. The van der Waals surface area contributed by atoms with Crippen LogP contribution in [0.15, 0.2) is 54.2 Å². The molecule has 1 aromatic carbocycles. The zero-order valence-electron chi connectivity index (χ0n) is 12.8. The minimum absolute atomic E-state index is 0.113. The van der Waals surface area contributed by atoms with E-state index >= 15 is 0 Å². The standard InChI is InChI=1S/C17H13F2N3O2S/c18-12-4-3-11(9-13(12)19)21-15(23)10-20-17(24)16-14(5-8-25-16)22-6-1-2-7-22/h1-9H,10H2,(H,20,24)(H,21,23). The van der Waals surface area contributed by atoms with Crippen molar-refractivity contribution < 1.29 is 18.4 Å². The summed E-state index contributed by atoms with van der Waals surface area (Å²) in [4.78, 5) is 24.6. The third-order valence-electron chi connectivity index (χ3n) is 3.35. The first kappa shape index (κ1) is 16.8. The second kappa shape index (κ2) is 7.27. The van der Waals surface area contributed by atoms with Crippen molar-refractivity contribution in [2.24, 2.45) is 0 Å². The first-order valence-corrected chi connectivity index (χ1v) is 8.16. The number of benzene rings is 1. The van der Waals surface area contributed by atoms with Crippen LogP contribution in [0.4, 0.5) is 14.5 Å². The number of anilines is 1. The Balaban J connectivity index is 1.60. The molecule has 0 fully saturated rings. The van der Waals surface area contributed by atoms with Crippen LogP contribution < -0.4 is 10.6 Å². The Morgan fingerprint density at radius 1 is 1.08 bits per heavy atom. The van der Waals surface area contributed by atoms with Crippen LogP contribution in [0.3, 0.4) is 0 Å². The average Bonchev–Trinajstić information content (AvgIpc) is 3.26. The minimum Gasteiger partial charge on any atom is -0.342 e. The van der Waals surface area contributed by atoms with E-state index in [4.69, 9.17) is 0 Å². The van der Waals surface area contributed by atoms with Gasteiger partial charge in [0, 0.05) is 24.1 Å². The summed E-state index contributed by atoms with van der Waals surface area (Å²) in [5.74, 6) is -2.99. The van der Waals surface area contributed by atoms with Gasteiger partial charge in [-0.2, -0.15) is 0 Å². The predicted octanol–water partition coefficient (Wildman–Crippen LogP) is 3.19. The van der Waals surface area contributed by atoms with Gasteiger partial charge in [-0.3, -0.25) is 9.59 Å². The van der Waals surface area contributed by atoms with Gasteiger partial charge in [-0.1, -0.05) is 0 Å². The van der Waals surface area contributed by atoms with E-state index in [2.05, 4.69) is 10.6 Å². The number of carbonyl (C=O) groups excluding carboxylic acids is 2. The number of hydrogen-bond acceptors (Lipinski definition) is 3. The lowest BCUT2D eigenvalue weighted by Gasteiger charge is -2.08. The zero-order valence-corrected chi connectivity index (χ0v) is 13.6. The molecule has 0 aliphatic rings. The maximum atomic E-state index is 13.1. The second-order valence-corrected chi connectivity index (χ2v) is 6.00. The fourth-order valence-electron chi connectivity index (χ4n) is 2.19. The molecule has 25 heavy (non-hydrogen) atoms. The number of nitrogens with one attached hydrogen (secondary N) is 2. The molecular weight excluding hydrogens is 348 g/mol.